The predicted octanol–water partition coefficient (Wildman–Crippen LogP) is 4.35. The van der Waals surface area contributed by atoms with Crippen LogP contribution in [0.3, 0.4) is 0 Å². The van der Waals surface area contributed by atoms with Gasteiger partial charge in [-0.25, -0.2) is 4.98 Å². The molecule has 4 N–H and O–H groups in total. The number of aromatic nitrogens is 1. The summed E-state index contributed by atoms with van der Waals surface area (Å²) in [5.41, 5.74) is 5.25. The van der Waals surface area contributed by atoms with Crippen molar-refractivity contribution in [3.63, 3.8) is 0 Å². The van der Waals surface area contributed by atoms with Crippen LogP contribution in [0.1, 0.15) is 53.1 Å². The Morgan fingerprint density at radius 3 is 2.68 bits per heavy atom. The van der Waals surface area contributed by atoms with Crippen LogP contribution >= 0.6 is 11.3 Å². The molecule has 0 radical (unpaired) electrons. The average molecular weight is 404 g/mol. The predicted molar refractivity (Wildman–Crippen MR) is 114 cm³/mol. The number of hydrogen-bond donors (Lipinski definition) is 3. The smallest absolute Gasteiger partial charge is 0.230 e. The number of hydrogen-bond acceptors (Lipinski definition) is 5. The Morgan fingerprint density at radius 2 is 2.00 bits per heavy atom. The lowest BCUT2D eigenvalue weighted by Gasteiger charge is -2.10. The maximum Gasteiger partial charge on any atom is 0.230 e. The zero-order valence-corrected chi connectivity index (χ0v) is 15.8. The molecule has 0 aliphatic carbocycles. The molecule has 1 amide bonds. The topological polar surface area (TPSA) is 88.2 Å². The van der Waals surface area contributed by atoms with Crippen molar-refractivity contribution in [3.8, 4) is 0 Å². The molecule has 0 aliphatic heterocycles. The Kier molecular flexibility index (Phi) is 4.29. The van der Waals surface area contributed by atoms with Gasteiger partial charge < -0.3 is 16.2 Å². The molecule has 5 nitrogen and oxygen atoms in total. The van der Waals surface area contributed by atoms with Crippen LogP contribution in [0.15, 0.2) is 59.9 Å². The highest BCUT2D eigenvalue weighted by Gasteiger charge is 2.08. The molecule has 1 atom stereocenters. The first-order valence-electron chi connectivity index (χ1n) is 12.6. The molecular formula is C22H25N3O2S. The molecule has 6 heteroatoms. The highest BCUT2D eigenvalue weighted by Crippen LogP contribution is 2.20. The second-order valence-electron chi connectivity index (χ2n) is 5.87. The van der Waals surface area contributed by atoms with E-state index >= 15 is 0 Å². The Balaban J connectivity index is 1.76. The molecule has 1 aromatic heterocycles. The maximum atomic E-state index is 12.6. The molecule has 1 heterocycles. The van der Waals surface area contributed by atoms with E-state index in [-0.39, 0.29) is 35.7 Å². The van der Waals surface area contributed by atoms with E-state index < -0.39 is 54.6 Å². The van der Waals surface area contributed by atoms with Crippen LogP contribution in [0.4, 0.5) is 10.8 Å². The summed E-state index contributed by atoms with van der Waals surface area (Å²) in [6.45, 7) is 0. The molecule has 0 unspecified atom stereocenters. The Morgan fingerprint density at radius 1 is 1.25 bits per heavy atom. The van der Waals surface area contributed by atoms with Crippen LogP contribution in [0.2, 0.25) is 0 Å². The molecule has 2 aromatic carbocycles. The van der Waals surface area contributed by atoms with E-state index in [9.17, 15) is 9.90 Å². The molecular weight excluding hydrogens is 370 g/mol. The van der Waals surface area contributed by atoms with Gasteiger partial charge >= 0.3 is 0 Å². The molecule has 0 spiro atoms. The number of aliphatic hydroxyl groups is 1. The zero-order valence-electron chi connectivity index (χ0n) is 23.0. The number of anilines is 2. The van der Waals surface area contributed by atoms with Gasteiger partial charge in [0.25, 0.3) is 0 Å². The van der Waals surface area contributed by atoms with Crippen LogP contribution in [-0.4, -0.2) is 16.0 Å². The third-order valence-corrected chi connectivity index (χ3v) is 4.41. The molecule has 0 saturated heterocycles. The largest absolute Gasteiger partial charge is 0.388 e. The van der Waals surface area contributed by atoms with Gasteiger partial charge in [-0.3, -0.25) is 4.79 Å². The summed E-state index contributed by atoms with van der Waals surface area (Å²) in [7, 11) is 0. The lowest BCUT2D eigenvalue weighted by molar-refractivity contribution is -0.115. The lowest BCUT2D eigenvalue weighted by Crippen LogP contribution is -2.14. The first-order valence-corrected chi connectivity index (χ1v) is 9.50. The number of rotatable bonds is 9. The summed E-state index contributed by atoms with van der Waals surface area (Å²) in [6, 6.07) is 6.41. The third-order valence-electron chi connectivity index (χ3n) is 3.74. The highest BCUT2D eigenvalue weighted by atomic mass is 32.1. The number of nitrogens with zero attached hydrogens (tertiary/aromatic N) is 1. The van der Waals surface area contributed by atoms with E-state index in [4.69, 9.17) is 16.7 Å². The van der Waals surface area contributed by atoms with Gasteiger partial charge in [0.2, 0.25) is 5.91 Å². The number of nitrogens with one attached hydrogen (secondary N) is 1. The Labute approximate surface area is 180 Å². The van der Waals surface area contributed by atoms with Gasteiger partial charge in [-0.2, -0.15) is 0 Å². The molecule has 28 heavy (non-hydrogen) atoms. The van der Waals surface area contributed by atoms with Gasteiger partial charge in [0.1, 0.15) is 0 Å². The average Bonchev–Trinajstić information content (AvgIpc) is 3.29. The lowest BCUT2D eigenvalue weighted by atomic mass is 10.0. The summed E-state index contributed by atoms with van der Waals surface area (Å²) in [5, 5.41) is 13.9. The van der Waals surface area contributed by atoms with Crippen LogP contribution < -0.4 is 11.1 Å². The van der Waals surface area contributed by atoms with Gasteiger partial charge in [-0.15, -0.1) is 11.3 Å². The molecule has 3 aromatic rings. The van der Waals surface area contributed by atoms with Crippen LogP contribution in [0.25, 0.3) is 0 Å². The number of benzene rings is 2. The summed E-state index contributed by atoms with van der Waals surface area (Å²) >= 11 is 0.948. The summed E-state index contributed by atoms with van der Waals surface area (Å²) in [4.78, 5) is 16.4. The Hall–Kier alpha value is -2.70. The van der Waals surface area contributed by atoms with Crippen LogP contribution in [0.5, 0.6) is 0 Å². The van der Waals surface area contributed by atoms with E-state index in [2.05, 4.69) is 10.3 Å². The van der Waals surface area contributed by atoms with Gasteiger partial charge in [-0.1, -0.05) is 48.8 Å². The molecule has 3 rings (SSSR count). The van der Waals surface area contributed by atoms with Gasteiger partial charge in [-0.05, 0) is 42.4 Å². The highest BCUT2D eigenvalue weighted by molar-refractivity contribution is 7.13. The number of carbonyl (C=O) groups is 1. The summed E-state index contributed by atoms with van der Waals surface area (Å²) in [5.74, 6) is -1.22. The van der Waals surface area contributed by atoms with Crippen LogP contribution in [-0.2, 0) is 17.6 Å². The quantitative estimate of drug-likeness (QED) is 0.495. The van der Waals surface area contributed by atoms with E-state index in [0.29, 0.717) is 5.56 Å². The minimum Gasteiger partial charge on any atom is -0.388 e. The molecule has 0 saturated carbocycles. The van der Waals surface area contributed by atoms with Crippen molar-refractivity contribution in [2.24, 2.45) is 0 Å². The molecule has 0 aliphatic rings. The monoisotopic (exact) mass is 403 g/mol. The van der Waals surface area contributed by atoms with Crippen molar-refractivity contribution >= 4 is 28.1 Å². The fraction of sp³-hybridized carbons (Fsp3) is 0.273. The van der Waals surface area contributed by atoms with Crippen molar-refractivity contribution in [1.82, 2.24) is 4.98 Å². The van der Waals surface area contributed by atoms with Crippen molar-refractivity contribution in [1.29, 1.82) is 0 Å². The number of nitrogens with two attached hydrogens (primary N) is 1. The molecule has 146 valence electrons. The van der Waals surface area contributed by atoms with E-state index in [1.54, 1.807) is 30.3 Å². The first-order chi connectivity index (χ1) is 16.8. The second kappa shape index (κ2) is 10.0. The van der Waals surface area contributed by atoms with E-state index in [1.807, 2.05) is 0 Å². The van der Waals surface area contributed by atoms with E-state index in [1.165, 1.54) is 5.38 Å². The summed E-state index contributed by atoms with van der Waals surface area (Å²) in [6.07, 6.45) is -5.95. The van der Waals surface area contributed by atoms with Crippen LogP contribution in [0, 0.1) is 0 Å². The van der Waals surface area contributed by atoms with Gasteiger partial charge in [0.05, 0.1) is 23.7 Å². The molecule has 0 bridgehead atoms. The number of carbonyl (C=O) groups excluding carboxylic acids is 1. The normalized spacial score (nSPS) is 17.0. The second-order valence-corrected chi connectivity index (χ2v) is 6.76. The van der Waals surface area contributed by atoms with E-state index in [0.717, 1.165) is 11.3 Å². The van der Waals surface area contributed by atoms with Crippen molar-refractivity contribution in [3.05, 3.63) is 76.7 Å². The number of nitrogen functional groups attached to an aromatic ring is 1. The standard InChI is InChI=1S/C22H25N3O2S/c23-22-25-19(15-28-22)14-21(27)24-18-12-10-16(11-13-18)6-4-5-9-20(26)17-7-2-1-3-8-17/h1-3,7-8,10-13,15,20,26H,4-6,9,14H2,(H2,23,25)(H,24,27)/t20-/m0/s1/i9D2,10D,11D,12D,13D,14D2. The fourth-order valence-corrected chi connectivity index (χ4v) is 2.88. The fourth-order valence-electron chi connectivity index (χ4n) is 2.39. The SMILES string of the molecule is [2H]c1c([2H])c(NC(=O)C([2H])([2H])c2csc(N)n2)c([2H])c([2H])c1CCCC([2H])([2H])[C@H](O)c1ccccc1. The number of amides is 1. The number of thiazole rings is 1. The minimum absolute atomic E-state index is 0.00357. The zero-order chi connectivity index (χ0) is 26.8. The van der Waals surface area contributed by atoms with Crippen molar-refractivity contribution in [2.45, 2.75) is 38.1 Å². The first kappa shape index (κ1) is 12.0. The maximum absolute atomic E-state index is 12.6. The third kappa shape index (κ3) is 6.18. The van der Waals surface area contributed by atoms with Crippen molar-refractivity contribution < 1.29 is 20.9 Å². The summed E-state index contributed by atoms with van der Waals surface area (Å²) < 4.78 is 65.6. The number of aliphatic hydroxyl groups excluding tert-OH is 1. The van der Waals surface area contributed by atoms with Crippen molar-refractivity contribution in [2.75, 3.05) is 11.1 Å². The Bertz CT molecular complexity index is 1220. The molecule has 0 fully saturated rings. The van der Waals surface area contributed by atoms with Gasteiger partial charge in [0.15, 0.2) is 5.13 Å². The van der Waals surface area contributed by atoms with Gasteiger partial charge in [0, 0.05) is 16.6 Å². The minimum atomic E-state index is -2.62.